The van der Waals surface area contributed by atoms with Crippen molar-refractivity contribution < 1.29 is 19.4 Å². The van der Waals surface area contributed by atoms with Crippen LogP contribution in [0.25, 0.3) is 0 Å². The molecule has 1 aliphatic rings. The molecule has 0 unspecified atom stereocenters. The highest BCUT2D eigenvalue weighted by Gasteiger charge is 2.39. The summed E-state index contributed by atoms with van der Waals surface area (Å²) in [6.07, 6.45) is -0.248. The number of anilines is 1. The number of rotatable bonds is 2. The number of likely N-dealkylation sites (N-methyl/N-ethyl adjacent to an activating group) is 1. The highest BCUT2D eigenvalue weighted by molar-refractivity contribution is 5.91. The summed E-state index contributed by atoms with van der Waals surface area (Å²) < 4.78 is 5.43. The van der Waals surface area contributed by atoms with Crippen LogP contribution in [-0.4, -0.2) is 47.3 Å². The Bertz CT molecular complexity index is 651. The number of carbonyl (C=O) groups is 2. The molecule has 2 atom stereocenters. The molecule has 6 nitrogen and oxygen atoms in total. The average Bonchev–Trinajstić information content (AvgIpc) is 2.51. The van der Waals surface area contributed by atoms with Crippen molar-refractivity contribution in [3.8, 4) is 0 Å². The molecule has 6 heteroatoms. The topological polar surface area (TPSA) is 70.1 Å². The maximum absolute atomic E-state index is 12.5. The fraction of sp³-hybridized carbons (Fsp3) is 0.444. The minimum Gasteiger partial charge on any atom is -0.443 e. The van der Waals surface area contributed by atoms with Gasteiger partial charge in [0, 0.05) is 12.6 Å². The molecule has 0 fully saturated rings. The third kappa shape index (κ3) is 3.59. The number of aliphatic hydroxyl groups is 1. The van der Waals surface area contributed by atoms with E-state index in [0.29, 0.717) is 11.3 Å². The van der Waals surface area contributed by atoms with Crippen molar-refractivity contribution in [3.05, 3.63) is 42.5 Å². The maximum Gasteiger partial charge on any atom is 0.414 e. The molecule has 0 bridgehead atoms. The van der Waals surface area contributed by atoms with E-state index < -0.39 is 23.8 Å². The van der Waals surface area contributed by atoms with Crippen LogP contribution in [0.1, 0.15) is 32.4 Å². The molecule has 0 aliphatic carbocycles. The molecular formula is C18H24N2O4. The standard InChI is InChI=1S/C18H24N2O4/c1-6-15(22)19(5)16-12-9-7-8-10-13(12)20(11-14(16)21)17(23)24-18(2,3)4/h6-10,14,16,21H,1,11H2,2-5H3/t14-,16-/m0/s1. The van der Waals surface area contributed by atoms with Gasteiger partial charge >= 0.3 is 6.09 Å². The number of nitrogens with zero attached hydrogens (tertiary/aromatic N) is 2. The second kappa shape index (κ2) is 6.65. The molecule has 1 aliphatic heterocycles. The molecule has 2 rings (SSSR count). The predicted octanol–water partition coefficient (Wildman–Crippen LogP) is 2.49. The van der Waals surface area contributed by atoms with Gasteiger partial charge in [0.15, 0.2) is 0 Å². The summed E-state index contributed by atoms with van der Waals surface area (Å²) >= 11 is 0. The average molecular weight is 332 g/mol. The summed E-state index contributed by atoms with van der Waals surface area (Å²) in [7, 11) is 1.61. The zero-order chi connectivity index (χ0) is 18.1. The molecular weight excluding hydrogens is 308 g/mol. The molecule has 0 radical (unpaired) electrons. The van der Waals surface area contributed by atoms with Gasteiger partial charge in [0.1, 0.15) is 5.60 Å². The second-order valence-corrected chi connectivity index (χ2v) is 6.82. The zero-order valence-corrected chi connectivity index (χ0v) is 14.5. The summed E-state index contributed by atoms with van der Waals surface area (Å²) in [4.78, 5) is 27.3. The van der Waals surface area contributed by atoms with Crippen LogP contribution in [0, 0.1) is 0 Å². The first-order valence-electron chi connectivity index (χ1n) is 7.82. The normalized spacial score (nSPS) is 20.1. The molecule has 0 saturated heterocycles. The smallest absolute Gasteiger partial charge is 0.414 e. The van der Waals surface area contributed by atoms with Gasteiger partial charge in [-0.3, -0.25) is 9.69 Å². The van der Waals surface area contributed by atoms with Crippen molar-refractivity contribution in [2.24, 2.45) is 0 Å². The lowest BCUT2D eigenvalue weighted by Crippen LogP contribution is -2.50. The van der Waals surface area contributed by atoms with Crippen LogP contribution in [0.3, 0.4) is 0 Å². The number of ether oxygens (including phenoxy) is 1. The molecule has 1 N–H and O–H groups in total. The lowest BCUT2D eigenvalue weighted by Gasteiger charge is -2.41. The molecule has 1 aromatic rings. The van der Waals surface area contributed by atoms with Crippen LogP contribution in [0.15, 0.2) is 36.9 Å². The van der Waals surface area contributed by atoms with E-state index in [9.17, 15) is 14.7 Å². The third-order valence-electron chi connectivity index (χ3n) is 3.83. The van der Waals surface area contributed by atoms with E-state index in [0.717, 1.165) is 0 Å². The molecule has 130 valence electrons. The number of fused-ring (bicyclic) bond motifs is 1. The van der Waals surface area contributed by atoms with Crippen molar-refractivity contribution in [2.75, 3.05) is 18.5 Å². The second-order valence-electron chi connectivity index (χ2n) is 6.82. The lowest BCUT2D eigenvalue weighted by atomic mass is 9.93. The van der Waals surface area contributed by atoms with Crippen LogP contribution in [-0.2, 0) is 9.53 Å². The van der Waals surface area contributed by atoms with Crippen molar-refractivity contribution >= 4 is 17.7 Å². The number of para-hydroxylation sites is 1. The van der Waals surface area contributed by atoms with Crippen molar-refractivity contribution in [1.29, 1.82) is 0 Å². The van der Waals surface area contributed by atoms with Crippen LogP contribution in [0.5, 0.6) is 0 Å². The van der Waals surface area contributed by atoms with Gasteiger partial charge in [-0.2, -0.15) is 0 Å². The van der Waals surface area contributed by atoms with Crippen molar-refractivity contribution in [2.45, 2.75) is 38.5 Å². The number of aliphatic hydroxyl groups excluding tert-OH is 1. The summed E-state index contributed by atoms with van der Waals surface area (Å²) in [5, 5.41) is 10.6. The fourth-order valence-corrected chi connectivity index (χ4v) is 2.81. The molecule has 2 amide bonds. The minimum absolute atomic E-state index is 0.0470. The summed E-state index contributed by atoms with van der Waals surface area (Å²) in [5.41, 5.74) is 0.689. The Hall–Kier alpha value is -2.34. The molecule has 0 aromatic heterocycles. The monoisotopic (exact) mass is 332 g/mol. The summed E-state index contributed by atoms with van der Waals surface area (Å²) in [6.45, 7) is 8.90. The number of carbonyl (C=O) groups excluding carboxylic acids is 2. The first-order valence-corrected chi connectivity index (χ1v) is 7.82. The molecule has 1 aromatic carbocycles. The fourth-order valence-electron chi connectivity index (χ4n) is 2.81. The van der Waals surface area contributed by atoms with E-state index in [1.165, 1.54) is 15.9 Å². The van der Waals surface area contributed by atoms with Gasteiger partial charge < -0.3 is 14.7 Å². The summed E-state index contributed by atoms with van der Waals surface area (Å²) in [5.74, 6) is -0.292. The number of benzene rings is 1. The van der Waals surface area contributed by atoms with Crippen molar-refractivity contribution in [3.63, 3.8) is 0 Å². The Labute approximate surface area is 142 Å². The SMILES string of the molecule is C=CC(=O)N(C)[C@H]1c2ccccc2N(C(=O)OC(C)(C)C)C[C@@H]1O. The Morgan fingerprint density at radius 2 is 2.00 bits per heavy atom. The molecule has 1 heterocycles. The summed E-state index contributed by atoms with van der Waals surface area (Å²) in [6, 6.07) is 6.64. The van der Waals surface area contributed by atoms with Gasteiger partial charge in [0.05, 0.1) is 24.4 Å². The van der Waals surface area contributed by atoms with Gasteiger partial charge in [0.2, 0.25) is 5.91 Å². The quantitative estimate of drug-likeness (QED) is 0.845. The Kier molecular flexibility index (Phi) is 4.99. The number of β-amino-alcohol motifs (C(OH)–C–C–N with tert-alkyl or cyclic N) is 1. The number of amides is 2. The largest absolute Gasteiger partial charge is 0.443 e. The Morgan fingerprint density at radius 3 is 2.58 bits per heavy atom. The highest BCUT2D eigenvalue weighted by atomic mass is 16.6. The predicted molar refractivity (Wildman–Crippen MR) is 91.7 cm³/mol. The first kappa shape index (κ1) is 18.0. The van der Waals surface area contributed by atoms with E-state index in [1.807, 2.05) is 6.07 Å². The Balaban J connectivity index is 2.41. The molecule has 24 heavy (non-hydrogen) atoms. The van der Waals surface area contributed by atoms with E-state index in [2.05, 4.69) is 6.58 Å². The lowest BCUT2D eigenvalue weighted by molar-refractivity contribution is -0.129. The third-order valence-corrected chi connectivity index (χ3v) is 3.83. The number of hydrogen-bond donors (Lipinski definition) is 1. The zero-order valence-electron chi connectivity index (χ0n) is 14.5. The first-order chi connectivity index (χ1) is 11.2. The maximum atomic E-state index is 12.5. The van der Waals surface area contributed by atoms with Gasteiger partial charge in [-0.25, -0.2) is 4.79 Å². The van der Waals surface area contributed by atoms with Gasteiger partial charge in [-0.1, -0.05) is 24.8 Å². The van der Waals surface area contributed by atoms with Crippen LogP contribution in [0.2, 0.25) is 0 Å². The van der Waals surface area contributed by atoms with Crippen LogP contribution in [0.4, 0.5) is 10.5 Å². The van der Waals surface area contributed by atoms with E-state index in [4.69, 9.17) is 4.74 Å². The van der Waals surface area contributed by atoms with Crippen molar-refractivity contribution in [1.82, 2.24) is 4.90 Å². The van der Waals surface area contributed by atoms with Crippen LogP contribution >= 0.6 is 0 Å². The number of hydrogen-bond acceptors (Lipinski definition) is 4. The van der Waals surface area contributed by atoms with E-state index in [-0.39, 0.29) is 12.5 Å². The van der Waals surface area contributed by atoms with Crippen LogP contribution < -0.4 is 4.90 Å². The highest BCUT2D eigenvalue weighted by Crippen LogP contribution is 2.37. The minimum atomic E-state index is -0.929. The Morgan fingerprint density at radius 1 is 1.38 bits per heavy atom. The van der Waals surface area contributed by atoms with E-state index >= 15 is 0 Å². The van der Waals surface area contributed by atoms with Gasteiger partial charge in [-0.15, -0.1) is 0 Å². The van der Waals surface area contributed by atoms with Gasteiger partial charge in [0.25, 0.3) is 0 Å². The molecule has 0 spiro atoms. The molecule has 0 saturated carbocycles. The van der Waals surface area contributed by atoms with E-state index in [1.54, 1.807) is 46.0 Å². The van der Waals surface area contributed by atoms with Gasteiger partial charge in [-0.05, 0) is 32.9 Å².